The van der Waals surface area contributed by atoms with Crippen LogP contribution in [-0.2, 0) is 16.6 Å². The molecule has 1 heterocycles. The van der Waals surface area contributed by atoms with Crippen LogP contribution in [-0.4, -0.2) is 19.0 Å². The van der Waals surface area contributed by atoms with Crippen molar-refractivity contribution in [1.29, 1.82) is 0 Å². The van der Waals surface area contributed by atoms with Crippen LogP contribution >= 0.6 is 0 Å². The summed E-state index contributed by atoms with van der Waals surface area (Å²) in [4.78, 5) is 15.3. The van der Waals surface area contributed by atoms with Crippen molar-refractivity contribution in [2.45, 2.75) is 38.5 Å². The van der Waals surface area contributed by atoms with E-state index in [4.69, 9.17) is 0 Å². The largest absolute Gasteiger partial charge is 0.371 e. The summed E-state index contributed by atoms with van der Waals surface area (Å²) in [6, 6.07) is 14.7. The van der Waals surface area contributed by atoms with E-state index in [9.17, 15) is 4.79 Å². The molecule has 1 fully saturated rings. The summed E-state index contributed by atoms with van der Waals surface area (Å²) in [5.74, 6) is 0.133. The van der Waals surface area contributed by atoms with Gasteiger partial charge in [0, 0.05) is 24.5 Å². The average molecular weight is 320 g/mol. The molecule has 3 heteroatoms. The zero-order valence-corrected chi connectivity index (χ0v) is 14.4. The number of nitrogens with zero attached hydrogens (tertiary/aromatic N) is 1. The molecule has 1 saturated carbocycles. The van der Waals surface area contributed by atoms with E-state index in [1.807, 2.05) is 12.1 Å². The molecular formula is C21H24N2O. The maximum atomic E-state index is 12.9. The van der Waals surface area contributed by atoms with Gasteiger partial charge in [-0.1, -0.05) is 35.9 Å². The lowest BCUT2D eigenvalue weighted by molar-refractivity contribution is -0.118. The van der Waals surface area contributed by atoms with Gasteiger partial charge in [-0.05, 0) is 56.4 Å². The third-order valence-electron chi connectivity index (χ3n) is 5.47. The van der Waals surface area contributed by atoms with E-state index in [1.54, 1.807) is 0 Å². The zero-order chi connectivity index (χ0) is 16.7. The van der Waals surface area contributed by atoms with Gasteiger partial charge in [-0.15, -0.1) is 0 Å². The predicted molar refractivity (Wildman–Crippen MR) is 98.8 cm³/mol. The molecular weight excluding hydrogens is 296 g/mol. The fourth-order valence-electron chi connectivity index (χ4n) is 3.82. The molecule has 1 N–H and O–H groups in total. The second-order valence-corrected chi connectivity index (χ2v) is 7.08. The van der Waals surface area contributed by atoms with Crippen molar-refractivity contribution in [3.8, 4) is 0 Å². The van der Waals surface area contributed by atoms with Gasteiger partial charge in [-0.3, -0.25) is 4.79 Å². The number of fused-ring (bicyclic) bond motifs is 1. The molecule has 0 spiro atoms. The highest BCUT2D eigenvalue weighted by molar-refractivity contribution is 6.01. The number of rotatable bonds is 4. The molecule has 0 unspecified atom stereocenters. The molecule has 0 aromatic heterocycles. The van der Waals surface area contributed by atoms with Gasteiger partial charge in [0.25, 0.3) is 0 Å². The monoisotopic (exact) mass is 320 g/mol. The zero-order valence-electron chi connectivity index (χ0n) is 14.4. The molecule has 2 aromatic rings. The van der Waals surface area contributed by atoms with Gasteiger partial charge in [-0.25, -0.2) is 0 Å². The number of aryl methyl sites for hydroxylation is 1. The number of benzene rings is 2. The van der Waals surface area contributed by atoms with Crippen molar-refractivity contribution in [2.75, 3.05) is 23.3 Å². The first-order chi connectivity index (χ1) is 11.6. The lowest BCUT2D eigenvalue weighted by Gasteiger charge is -2.19. The number of anilines is 2. The van der Waals surface area contributed by atoms with Gasteiger partial charge in [0.2, 0.25) is 5.91 Å². The van der Waals surface area contributed by atoms with Gasteiger partial charge in [0.1, 0.15) is 0 Å². The molecule has 1 amide bonds. The highest BCUT2D eigenvalue weighted by Crippen LogP contribution is 2.49. The molecule has 0 radical (unpaired) electrons. The lowest BCUT2D eigenvalue weighted by Crippen LogP contribution is -2.28. The highest BCUT2D eigenvalue weighted by Gasteiger charge is 2.51. The Labute approximate surface area is 143 Å². The Hall–Kier alpha value is -2.29. The highest BCUT2D eigenvalue weighted by atomic mass is 16.2. The van der Waals surface area contributed by atoms with E-state index in [0.29, 0.717) is 0 Å². The number of hydrogen-bond acceptors (Lipinski definition) is 2. The van der Waals surface area contributed by atoms with Crippen LogP contribution in [0.5, 0.6) is 0 Å². The smallest absolute Gasteiger partial charge is 0.235 e. The van der Waals surface area contributed by atoms with E-state index in [1.165, 1.54) is 16.8 Å². The molecule has 0 atom stereocenters. The second kappa shape index (κ2) is 5.66. The van der Waals surface area contributed by atoms with Crippen molar-refractivity contribution in [3.05, 3.63) is 59.2 Å². The Kier molecular flexibility index (Phi) is 3.60. The average Bonchev–Trinajstić information content (AvgIpc) is 3.30. The van der Waals surface area contributed by atoms with E-state index < -0.39 is 0 Å². The summed E-state index contributed by atoms with van der Waals surface area (Å²) < 4.78 is 0. The van der Waals surface area contributed by atoms with Gasteiger partial charge < -0.3 is 10.2 Å². The third kappa shape index (κ3) is 2.48. The summed E-state index contributed by atoms with van der Waals surface area (Å²) in [6.45, 7) is 6.35. The van der Waals surface area contributed by atoms with E-state index in [0.717, 1.165) is 43.6 Å². The van der Waals surface area contributed by atoms with E-state index in [-0.39, 0.29) is 11.3 Å². The molecule has 124 valence electrons. The first kappa shape index (κ1) is 15.3. The third-order valence-corrected chi connectivity index (χ3v) is 5.47. The lowest BCUT2D eigenvalue weighted by atomic mass is 9.93. The van der Waals surface area contributed by atoms with Crippen LogP contribution < -0.4 is 10.2 Å². The van der Waals surface area contributed by atoms with Crippen LogP contribution in [0.15, 0.2) is 42.5 Å². The molecule has 1 aliphatic heterocycles. The maximum absolute atomic E-state index is 12.9. The number of carbonyl (C=O) groups excluding carboxylic acids is 1. The Bertz CT molecular complexity index is 792. The van der Waals surface area contributed by atoms with Crippen molar-refractivity contribution in [1.82, 2.24) is 0 Å². The Morgan fingerprint density at radius 1 is 1.21 bits per heavy atom. The van der Waals surface area contributed by atoms with Crippen LogP contribution in [0.4, 0.5) is 11.4 Å². The summed E-state index contributed by atoms with van der Waals surface area (Å²) in [5.41, 5.74) is 5.61. The van der Waals surface area contributed by atoms with Crippen molar-refractivity contribution in [2.24, 2.45) is 0 Å². The number of hydrogen-bond donors (Lipinski definition) is 1. The molecule has 4 rings (SSSR count). The van der Waals surface area contributed by atoms with Crippen LogP contribution in [0.3, 0.4) is 0 Å². The first-order valence-corrected chi connectivity index (χ1v) is 8.89. The van der Waals surface area contributed by atoms with Crippen LogP contribution in [0, 0.1) is 6.92 Å². The van der Waals surface area contributed by atoms with Crippen molar-refractivity contribution >= 4 is 17.3 Å². The first-order valence-electron chi connectivity index (χ1n) is 8.89. The Balaban J connectivity index is 1.57. The summed E-state index contributed by atoms with van der Waals surface area (Å²) in [6.07, 6.45) is 2.98. The summed E-state index contributed by atoms with van der Waals surface area (Å²) in [7, 11) is 0. The van der Waals surface area contributed by atoms with Gasteiger partial charge >= 0.3 is 0 Å². The van der Waals surface area contributed by atoms with Gasteiger partial charge in [0.05, 0.1) is 5.41 Å². The SMILES string of the molecule is CCN1CCc2ccc(NC(=O)C3(c4cccc(C)c4)CC3)cc21. The topological polar surface area (TPSA) is 32.3 Å². The van der Waals surface area contributed by atoms with Crippen molar-refractivity contribution < 1.29 is 4.79 Å². The number of likely N-dealkylation sites (N-methyl/N-ethyl adjacent to an activating group) is 1. The van der Waals surface area contributed by atoms with Gasteiger partial charge in [-0.2, -0.15) is 0 Å². The van der Waals surface area contributed by atoms with Crippen LogP contribution in [0.2, 0.25) is 0 Å². The fourth-order valence-corrected chi connectivity index (χ4v) is 3.82. The Morgan fingerprint density at radius 3 is 2.75 bits per heavy atom. The number of amides is 1. The normalized spacial score (nSPS) is 17.5. The minimum Gasteiger partial charge on any atom is -0.371 e. The van der Waals surface area contributed by atoms with Crippen molar-refractivity contribution in [3.63, 3.8) is 0 Å². The minimum absolute atomic E-state index is 0.133. The minimum atomic E-state index is -0.324. The predicted octanol–water partition coefficient (Wildman–Crippen LogP) is 4.05. The number of nitrogens with one attached hydrogen (secondary N) is 1. The molecule has 1 aliphatic carbocycles. The second-order valence-electron chi connectivity index (χ2n) is 7.08. The molecule has 0 bridgehead atoms. The molecule has 2 aliphatic rings. The number of carbonyl (C=O) groups is 1. The Morgan fingerprint density at radius 2 is 2.04 bits per heavy atom. The van der Waals surface area contributed by atoms with E-state index in [2.05, 4.69) is 54.4 Å². The fraction of sp³-hybridized carbons (Fsp3) is 0.381. The maximum Gasteiger partial charge on any atom is 0.235 e. The quantitative estimate of drug-likeness (QED) is 0.922. The molecule has 24 heavy (non-hydrogen) atoms. The van der Waals surface area contributed by atoms with E-state index >= 15 is 0 Å². The molecule has 3 nitrogen and oxygen atoms in total. The summed E-state index contributed by atoms with van der Waals surface area (Å²) >= 11 is 0. The molecule has 0 saturated heterocycles. The van der Waals surface area contributed by atoms with Crippen LogP contribution in [0.25, 0.3) is 0 Å². The van der Waals surface area contributed by atoms with Crippen LogP contribution in [0.1, 0.15) is 36.5 Å². The molecule has 2 aromatic carbocycles. The standard InChI is InChI=1S/C21H24N2O/c1-3-23-12-9-16-7-8-18(14-19(16)23)22-20(24)21(10-11-21)17-6-4-5-15(2)13-17/h4-8,13-14H,3,9-12H2,1-2H3,(H,22,24). The summed E-state index contributed by atoms with van der Waals surface area (Å²) in [5, 5.41) is 3.17. The van der Waals surface area contributed by atoms with Gasteiger partial charge in [0.15, 0.2) is 0 Å².